The van der Waals surface area contributed by atoms with Crippen molar-refractivity contribution in [3.05, 3.63) is 11.8 Å². The van der Waals surface area contributed by atoms with Gasteiger partial charge in [0.2, 0.25) is 5.95 Å². The summed E-state index contributed by atoms with van der Waals surface area (Å²) in [4.78, 5) is 8.66. The van der Waals surface area contributed by atoms with Gasteiger partial charge in [0.15, 0.2) is 0 Å². The fourth-order valence-corrected chi connectivity index (χ4v) is 2.25. The van der Waals surface area contributed by atoms with Gasteiger partial charge in [-0.2, -0.15) is 4.98 Å². The molecule has 1 heterocycles. The van der Waals surface area contributed by atoms with Gasteiger partial charge in [0.05, 0.1) is 6.10 Å². The van der Waals surface area contributed by atoms with Crippen molar-refractivity contribution in [2.24, 2.45) is 0 Å². The van der Waals surface area contributed by atoms with Crippen molar-refractivity contribution < 1.29 is 4.74 Å². The second-order valence-electron chi connectivity index (χ2n) is 4.48. The number of ether oxygens (including phenoxy) is 1. The monoisotopic (exact) mass is 236 g/mol. The molecule has 1 fully saturated rings. The maximum atomic E-state index is 5.36. The van der Waals surface area contributed by atoms with Crippen molar-refractivity contribution in [2.75, 3.05) is 24.8 Å². The highest BCUT2D eigenvalue weighted by atomic mass is 16.5. The number of hydrogen-bond donors (Lipinski definition) is 2. The summed E-state index contributed by atoms with van der Waals surface area (Å²) < 4.78 is 5.36. The maximum Gasteiger partial charge on any atom is 0.224 e. The van der Waals surface area contributed by atoms with Gasteiger partial charge in [-0.3, -0.25) is 0 Å². The summed E-state index contributed by atoms with van der Waals surface area (Å²) in [5, 5.41) is 6.42. The molecule has 1 aromatic heterocycles. The number of aromatic nitrogens is 2. The zero-order chi connectivity index (χ0) is 12.3. The summed E-state index contributed by atoms with van der Waals surface area (Å²) in [5.74, 6) is 1.55. The van der Waals surface area contributed by atoms with E-state index in [9.17, 15) is 0 Å². The molecule has 0 amide bonds. The number of rotatable bonds is 4. The minimum Gasteiger partial charge on any atom is -0.381 e. The molecule has 2 N–H and O–H groups in total. The van der Waals surface area contributed by atoms with Crippen molar-refractivity contribution in [3.8, 4) is 0 Å². The molecule has 1 saturated carbocycles. The fraction of sp³-hybridized carbons (Fsp3) is 0.667. The number of nitrogens with zero attached hydrogens (tertiary/aromatic N) is 2. The number of methoxy groups -OCH3 is 1. The highest BCUT2D eigenvalue weighted by molar-refractivity contribution is 5.42. The second-order valence-corrected chi connectivity index (χ2v) is 4.48. The van der Waals surface area contributed by atoms with Crippen molar-refractivity contribution in [1.29, 1.82) is 0 Å². The van der Waals surface area contributed by atoms with Crippen LogP contribution in [-0.2, 0) is 4.74 Å². The molecule has 1 aliphatic carbocycles. The Morgan fingerprint density at radius 1 is 1.35 bits per heavy atom. The summed E-state index contributed by atoms with van der Waals surface area (Å²) in [6, 6.07) is 2.43. The third-order valence-electron chi connectivity index (χ3n) is 3.15. The minimum atomic E-state index is 0.388. The van der Waals surface area contributed by atoms with Crippen LogP contribution in [0.2, 0.25) is 0 Å². The Labute approximate surface area is 102 Å². The lowest BCUT2D eigenvalue weighted by Crippen LogP contribution is -2.18. The average Bonchev–Trinajstić information content (AvgIpc) is 2.76. The van der Waals surface area contributed by atoms with E-state index in [1.807, 2.05) is 20.0 Å². The van der Waals surface area contributed by atoms with E-state index in [1.165, 1.54) is 0 Å². The van der Waals surface area contributed by atoms with Crippen LogP contribution in [0.25, 0.3) is 0 Å². The largest absolute Gasteiger partial charge is 0.381 e. The second kappa shape index (κ2) is 5.31. The van der Waals surface area contributed by atoms with Crippen LogP contribution in [0.1, 0.15) is 25.0 Å². The van der Waals surface area contributed by atoms with Crippen LogP contribution in [0, 0.1) is 6.92 Å². The van der Waals surface area contributed by atoms with Crippen molar-refractivity contribution in [3.63, 3.8) is 0 Å². The first-order valence-electron chi connectivity index (χ1n) is 6.04. The lowest BCUT2D eigenvalue weighted by molar-refractivity contribution is 0.108. The van der Waals surface area contributed by atoms with Crippen molar-refractivity contribution >= 4 is 11.8 Å². The van der Waals surface area contributed by atoms with Gasteiger partial charge in [-0.1, -0.05) is 0 Å². The molecule has 5 nitrogen and oxygen atoms in total. The normalized spacial score (nSPS) is 23.7. The number of nitrogens with one attached hydrogen (secondary N) is 2. The maximum absolute atomic E-state index is 5.36. The molecular weight excluding hydrogens is 216 g/mol. The number of anilines is 2. The Balaban J connectivity index is 2.01. The molecule has 2 unspecified atom stereocenters. The molecule has 0 aliphatic heterocycles. The lowest BCUT2D eigenvalue weighted by Gasteiger charge is -2.14. The van der Waals surface area contributed by atoms with Gasteiger partial charge < -0.3 is 15.4 Å². The van der Waals surface area contributed by atoms with Gasteiger partial charge in [-0.05, 0) is 26.2 Å². The van der Waals surface area contributed by atoms with Crippen LogP contribution in [-0.4, -0.2) is 36.3 Å². The molecule has 17 heavy (non-hydrogen) atoms. The molecule has 0 aromatic carbocycles. The first-order valence-corrected chi connectivity index (χ1v) is 6.04. The van der Waals surface area contributed by atoms with Gasteiger partial charge in [0.25, 0.3) is 0 Å². The van der Waals surface area contributed by atoms with Crippen LogP contribution in [0.4, 0.5) is 11.8 Å². The fourth-order valence-electron chi connectivity index (χ4n) is 2.25. The molecular formula is C12H20N4O. The molecule has 1 aromatic rings. The summed E-state index contributed by atoms with van der Waals surface area (Å²) >= 11 is 0. The van der Waals surface area contributed by atoms with E-state index in [2.05, 4.69) is 20.6 Å². The van der Waals surface area contributed by atoms with Crippen LogP contribution in [0.3, 0.4) is 0 Å². The van der Waals surface area contributed by atoms with E-state index in [0.29, 0.717) is 18.1 Å². The first kappa shape index (κ1) is 12.1. The summed E-state index contributed by atoms with van der Waals surface area (Å²) in [5.41, 5.74) is 0.966. The van der Waals surface area contributed by atoms with Crippen molar-refractivity contribution in [1.82, 2.24) is 9.97 Å². The Bertz CT molecular complexity index is 383. The van der Waals surface area contributed by atoms with Crippen LogP contribution in [0.15, 0.2) is 6.07 Å². The molecule has 2 rings (SSSR count). The van der Waals surface area contributed by atoms with Crippen LogP contribution < -0.4 is 10.6 Å². The Morgan fingerprint density at radius 3 is 2.82 bits per heavy atom. The minimum absolute atomic E-state index is 0.388. The molecule has 0 spiro atoms. The SMILES string of the molecule is CNc1nc(C)cc(NC2CCC(OC)C2)n1. The summed E-state index contributed by atoms with van der Waals surface area (Å²) in [7, 11) is 3.61. The zero-order valence-electron chi connectivity index (χ0n) is 10.7. The van der Waals surface area contributed by atoms with E-state index >= 15 is 0 Å². The summed E-state index contributed by atoms with van der Waals surface area (Å²) in [6.07, 6.45) is 3.70. The van der Waals surface area contributed by atoms with E-state index in [4.69, 9.17) is 4.74 Å². The predicted octanol–water partition coefficient (Wildman–Crippen LogP) is 1.81. The molecule has 0 bridgehead atoms. The van der Waals surface area contributed by atoms with Crippen LogP contribution in [0.5, 0.6) is 0 Å². The van der Waals surface area contributed by atoms with Gasteiger partial charge in [0.1, 0.15) is 5.82 Å². The summed E-state index contributed by atoms with van der Waals surface area (Å²) in [6.45, 7) is 1.97. The standard InChI is InChI=1S/C12H20N4O/c1-8-6-11(16-12(13-2)14-8)15-9-4-5-10(7-9)17-3/h6,9-10H,4-5,7H2,1-3H3,(H2,13,14,15,16). The van der Waals surface area contributed by atoms with Crippen molar-refractivity contribution in [2.45, 2.75) is 38.3 Å². The van der Waals surface area contributed by atoms with E-state index in [-0.39, 0.29) is 0 Å². The molecule has 0 radical (unpaired) electrons. The zero-order valence-corrected chi connectivity index (χ0v) is 10.7. The Morgan fingerprint density at radius 2 is 2.18 bits per heavy atom. The number of aryl methyl sites for hydroxylation is 1. The number of hydrogen-bond acceptors (Lipinski definition) is 5. The highest BCUT2D eigenvalue weighted by Crippen LogP contribution is 2.24. The Hall–Kier alpha value is -1.36. The van der Waals surface area contributed by atoms with Gasteiger partial charge in [0, 0.05) is 32.0 Å². The van der Waals surface area contributed by atoms with Gasteiger partial charge >= 0.3 is 0 Å². The van der Waals surface area contributed by atoms with E-state index in [0.717, 1.165) is 30.8 Å². The molecule has 5 heteroatoms. The predicted molar refractivity (Wildman–Crippen MR) is 68.4 cm³/mol. The van der Waals surface area contributed by atoms with Gasteiger partial charge in [-0.25, -0.2) is 4.98 Å². The molecule has 2 atom stereocenters. The smallest absolute Gasteiger partial charge is 0.224 e. The van der Waals surface area contributed by atoms with E-state index < -0.39 is 0 Å². The lowest BCUT2D eigenvalue weighted by atomic mass is 10.2. The third-order valence-corrected chi connectivity index (χ3v) is 3.15. The average molecular weight is 236 g/mol. The van der Waals surface area contributed by atoms with Gasteiger partial charge in [-0.15, -0.1) is 0 Å². The molecule has 0 saturated heterocycles. The highest BCUT2D eigenvalue weighted by Gasteiger charge is 2.24. The molecule has 94 valence electrons. The molecule has 1 aliphatic rings. The van der Waals surface area contributed by atoms with E-state index in [1.54, 1.807) is 7.11 Å². The quantitative estimate of drug-likeness (QED) is 0.835. The van der Waals surface area contributed by atoms with Crippen LogP contribution >= 0.6 is 0 Å². The first-order chi connectivity index (χ1) is 8.21. The topological polar surface area (TPSA) is 59.1 Å². The Kier molecular flexibility index (Phi) is 3.78. The third kappa shape index (κ3) is 3.06.